The molecule has 0 radical (unpaired) electrons. The number of hydrogen-bond donors (Lipinski definition) is 1. The van der Waals surface area contributed by atoms with E-state index in [1.54, 1.807) is 4.68 Å². The summed E-state index contributed by atoms with van der Waals surface area (Å²) in [6.45, 7) is 2.74. The van der Waals surface area contributed by atoms with Gasteiger partial charge in [0.25, 0.3) is 0 Å². The van der Waals surface area contributed by atoms with Crippen LogP contribution in [-0.4, -0.2) is 22.2 Å². The smallest absolute Gasteiger partial charge is 0.220 e. The van der Waals surface area contributed by atoms with Crippen LogP contribution in [0.3, 0.4) is 0 Å². The summed E-state index contributed by atoms with van der Waals surface area (Å²) < 4.78 is 1.80. The molecule has 1 saturated heterocycles. The van der Waals surface area contributed by atoms with Gasteiger partial charge in [-0.05, 0) is 12.5 Å². The Morgan fingerprint density at radius 1 is 1.69 bits per heavy atom. The Hall–Kier alpha value is -1.32. The molecule has 4 heteroatoms. The number of carbonyl (C=O) groups excluding carboxylic acids is 1. The van der Waals surface area contributed by atoms with Gasteiger partial charge in [0, 0.05) is 32.1 Å². The minimum Gasteiger partial charge on any atom is -0.355 e. The molecule has 2 rings (SSSR count). The Kier molecular flexibility index (Phi) is 1.83. The molecule has 0 bridgehead atoms. The van der Waals surface area contributed by atoms with Crippen LogP contribution in [0.5, 0.6) is 0 Å². The van der Waals surface area contributed by atoms with Gasteiger partial charge in [-0.25, -0.2) is 0 Å². The van der Waals surface area contributed by atoms with E-state index >= 15 is 0 Å². The fourth-order valence-corrected chi connectivity index (χ4v) is 1.84. The van der Waals surface area contributed by atoms with Crippen LogP contribution in [-0.2, 0) is 11.8 Å². The van der Waals surface area contributed by atoms with Crippen molar-refractivity contribution in [3.8, 4) is 0 Å². The molecule has 0 aromatic carbocycles. The van der Waals surface area contributed by atoms with Gasteiger partial charge >= 0.3 is 0 Å². The summed E-state index contributed by atoms with van der Waals surface area (Å²) in [5.74, 6) is 0.467. The zero-order chi connectivity index (χ0) is 9.42. The van der Waals surface area contributed by atoms with Gasteiger partial charge in [-0.2, -0.15) is 5.10 Å². The number of nitrogens with one attached hydrogen (secondary N) is 1. The number of rotatable bonds is 1. The molecule has 2 heterocycles. The zero-order valence-electron chi connectivity index (χ0n) is 7.87. The molecule has 1 amide bonds. The van der Waals surface area contributed by atoms with Gasteiger partial charge in [-0.3, -0.25) is 9.48 Å². The van der Waals surface area contributed by atoms with E-state index in [0.29, 0.717) is 12.3 Å². The summed E-state index contributed by atoms with van der Waals surface area (Å²) in [7, 11) is 1.90. The van der Waals surface area contributed by atoms with E-state index in [0.717, 1.165) is 12.2 Å². The SMILES string of the molecule is Cc1nn(C)cc1C1CNC(=O)C1. The maximum absolute atomic E-state index is 11.0. The van der Waals surface area contributed by atoms with Gasteiger partial charge in [0.05, 0.1) is 5.69 Å². The first-order chi connectivity index (χ1) is 6.16. The Bertz CT molecular complexity index is 343. The van der Waals surface area contributed by atoms with E-state index in [2.05, 4.69) is 10.4 Å². The first-order valence-electron chi connectivity index (χ1n) is 4.43. The Labute approximate surface area is 76.9 Å². The first-order valence-corrected chi connectivity index (χ1v) is 4.43. The predicted molar refractivity (Wildman–Crippen MR) is 48.3 cm³/mol. The molecule has 1 aliphatic rings. The van der Waals surface area contributed by atoms with Crippen LogP contribution in [0, 0.1) is 6.92 Å². The number of nitrogens with zero attached hydrogens (tertiary/aromatic N) is 2. The van der Waals surface area contributed by atoms with Crippen molar-refractivity contribution < 1.29 is 4.79 Å². The maximum atomic E-state index is 11.0. The van der Waals surface area contributed by atoms with Gasteiger partial charge < -0.3 is 5.32 Å². The fraction of sp³-hybridized carbons (Fsp3) is 0.556. The van der Waals surface area contributed by atoms with Crippen molar-refractivity contribution in [1.29, 1.82) is 0 Å². The molecule has 1 fully saturated rings. The van der Waals surface area contributed by atoms with E-state index < -0.39 is 0 Å². The molecule has 4 nitrogen and oxygen atoms in total. The maximum Gasteiger partial charge on any atom is 0.220 e. The largest absolute Gasteiger partial charge is 0.355 e. The third-order valence-electron chi connectivity index (χ3n) is 2.47. The highest BCUT2D eigenvalue weighted by molar-refractivity contribution is 5.79. The van der Waals surface area contributed by atoms with E-state index in [9.17, 15) is 4.79 Å². The fourth-order valence-electron chi connectivity index (χ4n) is 1.84. The lowest BCUT2D eigenvalue weighted by Gasteiger charge is -2.03. The molecule has 1 unspecified atom stereocenters. The van der Waals surface area contributed by atoms with Gasteiger partial charge in [0.15, 0.2) is 0 Å². The number of hydrogen-bond acceptors (Lipinski definition) is 2. The summed E-state index contributed by atoms with van der Waals surface area (Å²) >= 11 is 0. The number of aryl methyl sites for hydroxylation is 2. The van der Waals surface area contributed by atoms with Crippen molar-refractivity contribution in [3.63, 3.8) is 0 Å². The summed E-state index contributed by atoms with van der Waals surface area (Å²) in [6, 6.07) is 0. The van der Waals surface area contributed by atoms with Crippen LogP contribution in [0.2, 0.25) is 0 Å². The van der Waals surface area contributed by atoms with Crippen LogP contribution in [0.1, 0.15) is 23.6 Å². The molecule has 70 valence electrons. The zero-order valence-corrected chi connectivity index (χ0v) is 7.87. The standard InChI is InChI=1S/C9H13N3O/c1-6-8(5-12(2)11-6)7-3-9(13)10-4-7/h5,7H,3-4H2,1-2H3,(H,10,13). The van der Waals surface area contributed by atoms with Crippen molar-refractivity contribution in [2.45, 2.75) is 19.3 Å². The van der Waals surface area contributed by atoms with E-state index in [1.807, 2.05) is 20.2 Å². The Balaban J connectivity index is 2.25. The van der Waals surface area contributed by atoms with Crippen LogP contribution >= 0.6 is 0 Å². The van der Waals surface area contributed by atoms with Crippen molar-refractivity contribution in [2.75, 3.05) is 6.54 Å². The van der Waals surface area contributed by atoms with Crippen LogP contribution in [0.15, 0.2) is 6.20 Å². The number of amides is 1. The second-order valence-electron chi connectivity index (χ2n) is 3.55. The molecule has 1 aromatic rings. The number of aromatic nitrogens is 2. The normalized spacial score (nSPS) is 22.0. The molecule has 0 spiro atoms. The van der Waals surface area contributed by atoms with Crippen LogP contribution in [0.4, 0.5) is 0 Å². The van der Waals surface area contributed by atoms with E-state index in [-0.39, 0.29) is 5.91 Å². The van der Waals surface area contributed by atoms with Crippen molar-refractivity contribution in [2.24, 2.45) is 7.05 Å². The lowest BCUT2D eigenvalue weighted by atomic mass is 9.99. The molecule has 0 aliphatic carbocycles. The minimum atomic E-state index is 0.147. The van der Waals surface area contributed by atoms with E-state index in [1.165, 1.54) is 5.56 Å². The molecule has 1 N–H and O–H groups in total. The molecular weight excluding hydrogens is 166 g/mol. The third kappa shape index (κ3) is 1.43. The van der Waals surface area contributed by atoms with Gasteiger partial charge in [-0.1, -0.05) is 0 Å². The van der Waals surface area contributed by atoms with E-state index in [4.69, 9.17) is 0 Å². The van der Waals surface area contributed by atoms with Gasteiger partial charge in [0.1, 0.15) is 0 Å². The summed E-state index contributed by atoms with van der Waals surface area (Å²) in [4.78, 5) is 11.0. The predicted octanol–water partition coefficient (Wildman–Crippen LogP) is 0.332. The van der Waals surface area contributed by atoms with Gasteiger partial charge in [-0.15, -0.1) is 0 Å². The molecule has 1 atom stereocenters. The third-order valence-corrected chi connectivity index (χ3v) is 2.47. The van der Waals surface area contributed by atoms with Gasteiger partial charge in [0.2, 0.25) is 5.91 Å². The lowest BCUT2D eigenvalue weighted by Crippen LogP contribution is -2.13. The highest BCUT2D eigenvalue weighted by Crippen LogP contribution is 2.24. The molecule has 0 saturated carbocycles. The monoisotopic (exact) mass is 179 g/mol. The highest BCUT2D eigenvalue weighted by atomic mass is 16.1. The first kappa shape index (κ1) is 8.29. The Morgan fingerprint density at radius 2 is 2.46 bits per heavy atom. The second-order valence-corrected chi connectivity index (χ2v) is 3.55. The summed E-state index contributed by atoms with van der Waals surface area (Å²) in [6.07, 6.45) is 2.60. The molecular formula is C9H13N3O. The van der Waals surface area contributed by atoms with Crippen molar-refractivity contribution in [1.82, 2.24) is 15.1 Å². The quantitative estimate of drug-likeness (QED) is 0.675. The number of carbonyl (C=O) groups is 1. The average molecular weight is 179 g/mol. The van der Waals surface area contributed by atoms with Crippen molar-refractivity contribution in [3.05, 3.63) is 17.5 Å². The molecule has 1 aliphatic heterocycles. The highest BCUT2D eigenvalue weighted by Gasteiger charge is 2.25. The second kappa shape index (κ2) is 2.87. The molecule has 13 heavy (non-hydrogen) atoms. The lowest BCUT2D eigenvalue weighted by molar-refractivity contribution is -0.119. The minimum absolute atomic E-state index is 0.147. The summed E-state index contributed by atoms with van der Waals surface area (Å²) in [5, 5.41) is 7.09. The van der Waals surface area contributed by atoms with Crippen LogP contribution < -0.4 is 5.32 Å². The Morgan fingerprint density at radius 3 is 2.92 bits per heavy atom. The topological polar surface area (TPSA) is 46.9 Å². The van der Waals surface area contributed by atoms with Crippen LogP contribution in [0.25, 0.3) is 0 Å². The van der Waals surface area contributed by atoms with Crippen molar-refractivity contribution >= 4 is 5.91 Å². The molecule has 1 aromatic heterocycles. The average Bonchev–Trinajstić information content (AvgIpc) is 2.58. The summed E-state index contributed by atoms with van der Waals surface area (Å²) in [5.41, 5.74) is 2.23.